The fraction of sp³-hybridized carbons (Fsp3) is 0.238. The van der Waals surface area contributed by atoms with Gasteiger partial charge >= 0.3 is 0 Å². The molecule has 0 bridgehead atoms. The van der Waals surface area contributed by atoms with Gasteiger partial charge < -0.3 is 14.8 Å². The summed E-state index contributed by atoms with van der Waals surface area (Å²) in [5.74, 6) is 0.634. The van der Waals surface area contributed by atoms with Gasteiger partial charge in [-0.05, 0) is 71.2 Å². The van der Waals surface area contributed by atoms with E-state index in [-0.39, 0.29) is 11.6 Å². The Kier molecular flexibility index (Phi) is 8.09. The highest BCUT2D eigenvalue weighted by Gasteiger charge is 2.14. The number of carbonyl (C=O) groups excluding carboxylic acids is 1. The first-order valence-electron chi connectivity index (χ1n) is 8.51. The van der Waals surface area contributed by atoms with E-state index in [0.29, 0.717) is 28.1 Å². The molecular weight excluding hydrogens is 488 g/mol. The average molecular weight is 508 g/mol. The smallest absolute Gasteiger partial charge is 0.262 e. The summed E-state index contributed by atoms with van der Waals surface area (Å²) >= 11 is 6.90. The van der Waals surface area contributed by atoms with E-state index in [1.54, 1.807) is 19.2 Å². The highest BCUT2D eigenvalue weighted by atomic mass is 79.9. The predicted octanol–water partition coefficient (Wildman–Crippen LogP) is 5.23. The lowest BCUT2D eigenvalue weighted by atomic mass is 10.1. The van der Waals surface area contributed by atoms with Crippen LogP contribution in [0.5, 0.6) is 11.5 Å². The summed E-state index contributed by atoms with van der Waals surface area (Å²) in [6.45, 7) is 4.05. The first-order chi connectivity index (χ1) is 13.3. The zero-order valence-electron chi connectivity index (χ0n) is 15.8. The number of ether oxygens (including phenoxy) is 2. The van der Waals surface area contributed by atoms with Gasteiger partial charge in [0.05, 0.1) is 11.6 Å². The van der Waals surface area contributed by atoms with Crippen LogP contribution >= 0.6 is 31.9 Å². The molecule has 2 aromatic rings. The highest BCUT2D eigenvalue weighted by molar-refractivity contribution is 9.10. The molecule has 0 aliphatic rings. The van der Waals surface area contributed by atoms with E-state index in [1.807, 2.05) is 44.2 Å². The van der Waals surface area contributed by atoms with Gasteiger partial charge in [-0.25, -0.2) is 0 Å². The number of nitrogens with one attached hydrogen (secondary N) is 1. The Balaban J connectivity index is 2.27. The van der Waals surface area contributed by atoms with Crippen molar-refractivity contribution < 1.29 is 14.3 Å². The van der Waals surface area contributed by atoms with E-state index < -0.39 is 5.91 Å². The zero-order chi connectivity index (χ0) is 20.7. The van der Waals surface area contributed by atoms with E-state index in [4.69, 9.17) is 9.47 Å². The first kappa shape index (κ1) is 22.0. The van der Waals surface area contributed by atoms with Gasteiger partial charge in [0.15, 0.2) is 11.5 Å². The van der Waals surface area contributed by atoms with E-state index in [1.165, 1.54) is 6.08 Å². The summed E-state index contributed by atoms with van der Waals surface area (Å²) in [4.78, 5) is 12.1. The van der Waals surface area contributed by atoms with Gasteiger partial charge in [0.25, 0.3) is 5.91 Å². The van der Waals surface area contributed by atoms with E-state index >= 15 is 0 Å². The second-order valence-electron chi connectivity index (χ2n) is 6.25. The van der Waals surface area contributed by atoms with Crippen LogP contribution < -0.4 is 14.8 Å². The molecule has 0 fully saturated rings. The molecule has 0 spiro atoms. The van der Waals surface area contributed by atoms with E-state index in [9.17, 15) is 10.1 Å². The number of carbonyl (C=O) groups is 1. The van der Waals surface area contributed by atoms with Crippen molar-refractivity contribution in [2.24, 2.45) is 0 Å². The van der Waals surface area contributed by atoms with Gasteiger partial charge in [-0.3, -0.25) is 4.79 Å². The average Bonchev–Trinajstić information content (AvgIpc) is 2.65. The molecule has 0 saturated carbocycles. The maximum Gasteiger partial charge on any atom is 0.262 e. The molecule has 0 heterocycles. The molecular formula is C21H20Br2N2O3. The minimum absolute atomic E-state index is 0.0196. The number of hydrogen-bond acceptors (Lipinski definition) is 4. The third kappa shape index (κ3) is 6.11. The lowest BCUT2D eigenvalue weighted by Crippen LogP contribution is -2.30. The van der Waals surface area contributed by atoms with Crippen molar-refractivity contribution in [3.05, 3.63) is 62.0 Å². The van der Waals surface area contributed by atoms with Crippen molar-refractivity contribution >= 4 is 43.8 Å². The van der Waals surface area contributed by atoms with E-state index in [0.717, 1.165) is 10.0 Å². The van der Waals surface area contributed by atoms with Crippen LogP contribution in [-0.4, -0.2) is 19.1 Å². The van der Waals surface area contributed by atoms with E-state index in [2.05, 4.69) is 37.2 Å². The van der Waals surface area contributed by atoms with Crippen LogP contribution in [0.15, 0.2) is 50.9 Å². The molecule has 0 saturated heterocycles. The van der Waals surface area contributed by atoms with Crippen molar-refractivity contribution in [2.75, 3.05) is 7.11 Å². The molecule has 28 heavy (non-hydrogen) atoms. The van der Waals surface area contributed by atoms with Gasteiger partial charge in [0.2, 0.25) is 0 Å². The number of hydrogen-bond donors (Lipinski definition) is 1. The second kappa shape index (κ2) is 10.3. The molecule has 0 aromatic heterocycles. The van der Waals surface area contributed by atoms with Crippen LogP contribution in [0.25, 0.3) is 6.08 Å². The van der Waals surface area contributed by atoms with Gasteiger partial charge in [-0.2, -0.15) is 5.26 Å². The lowest BCUT2D eigenvalue weighted by Gasteiger charge is -2.14. The topological polar surface area (TPSA) is 71.3 Å². The van der Waals surface area contributed by atoms with Gasteiger partial charge in [-0.15, -0.1) is 0 Å². The SMILES string of the molecule is COc1cc(/C=C(/C#N)C(=O)NC(C)C)cc(Br)c1OCc1ccc(Br)cc1. The van der Waals surface area contributed by atoms with Crippen molar-refractivity contribution in [2.45, 2.75) is 26.5 Å². The highest BCUT2D eigenvalue weighted by Crippen LogP contribution is 2.37. The molecule has 7 heteroatoms. The molecule has 0 radical (unpaired) electrons. The zero-order valence-corrected chi connectivity index (χ0v) is 18.9. The maximum absolute atomic E-state index is 12.1. The van der Waals surface area contributed by atoms with Crippen LogP contribution in [0.1, 0.15) is 25.0 Å². The Morgan fingerprint density at radius 1 is 1.25 bits per heavy atom. The fourth-order valence-electron chi connectivity index (χ4n) is 2.35. The molecule has 1 N–H and O–H groups in total. The first-order valence-corrected chi connectivity index (χ1v) is 10.1. The van der Waals surface area contributed by atoms with Crippen LogP contribution in [0, 0.1) is 11.3 Å². The molecule has 0 aliphatic carbocycles. The minimum Gasteiger partial charge on any atom is -0.493 e. The van der Waals surface area contributed by atoms with Crippen LogP contribution in [0.4, 0.5) is 0 Å². The number of halogens is 2. The Hall–Kier alpha value is -2.30. The van der Waals surface area contributed by atoms with Crippen molar-refractivity contribution in [1.82, 2.24) is 5.32 Å². The maximum atomic E-state index is 12.1. The largest absolute Gasteiger partial charge is 0.493 e. The standard InChI is InChI=1S/C21H20Br2N2O3/c1-13(2)25-21(26)16(11-24)8-15-9-18(23)20(19(10-15)27-3)28-12-14-4-6-17(22)7-5-14/h4-10,13H,12H2,1-3H3,(H,25,26)/b16-8-. The Morgan fingerprint density at radius 3 is 2.50 bits per heavy atom. The number of nitriles is 1. The van der Waals surface area contributed by atoms with Crippen LogP contribution in [0.3, 0.4) is 0 Å². The summed E-state index contributed by atoms with van der Waals surface area (Å²) in [5.41, 5.74) is 1.68. The molecule has 2 rings (SSSR count). The third-order valence-corrected chi connectivity index (χ3v) is 4.76. The summed E-state index contributed by atoms with van der Waals surface area (Å²) < 4.78 is 13.0. The third-order valence-electron chi connectivity index (χ3n) is 3.64. The summed E-state index contributed by atoms with van der Waals surface area (Å²) in [7, 11) is 1.54. The molecule has 0 atom stereocenters. The summed E-state index contributed by atoms with van der Waals surface area (Å²) in [6.07, 6.45) is 1.52. The van der Waals surface area contributed by atoms with Crippen LogP contribution in [-0.2, 0) is 11.4 Å². The Morgan fingerprint density at radius 2 is 1.93 bits per heavy atom. The fourth-order valence-corrected chi connectivity index (χ4v) is 3.19. The van der Waals surface area contributed by atoms with Gasteiger partial charge in [0, 0.05) is 10.5 Å². The summed E-state index contributed by atoms with van der Waals surface area (Å²) in [5, 5.41) is 12.0. The quantitative estimate of drug-likeness (QED) is 0.411. The Labute approximate surface area is 181 Å². The number of methoxy groups -OCH3 is 1. The summed E-state index contributed by atoms with van der Waals surface area (Å²) in [6, 6.07) is 13.2. The second-order valence-corrected chi connectivity index (χ2v) is 8.02. The molecule has 146 valence electrons. The molecule has 0 aliphatic heterocycles. The monoisotopic (exact) mass is 506 g/mol. The van der Waals surface area contributed by atoms with Crippen LogP contribution in [0.2, 0.25) is 0 Å². The predicted molar refractivity (Wildman–Crippen MR) is 116 cm³/mol. The van der Waals surface area contributed by atoms with Crippen molar-refractivity contribution in [1.29, 1.82) is 5.26 Å². The number of nitrogens with zero attached hydrogens (tertiary/aromatic N) is 1. The molecule has 5 nitrogen and oxygen atoms in total. The van der Waals surface area contributed by atoms with Gasteiger partial charge in [0.1, 0.15) is 18.2 Å². The lowest BCUT2D eigenvalue weighted by molar-refractivity contribution is -0.117. The normalized spacial score (nSPS) is 11.1. The number of rotatable bonds is 7. The molecule has 0 unspecified atom stereocenters. The number of amides is 1. The molecule has 1 amide bonds. The van der Waals surface area contributed by atoms with Gasteiger partial charge in [-0.1, -0.05) is 28.1 Å². The van der Waals surface area contributed by atoms with Crippen molar-refractivity contribution in [3.8, 4) is 17.6 Å². The molecule has 2 aromatic carbocycles. The number of benzene rings is 2. The Bertz CT molecular complexity index is 916. The van der Waals surface area contributed by atoms with Crippen molar-refractivity contribution in [3.63, 3.8) is 0 Å². The minimum atomic E-state index is -0.414.